The van der Waals surface area contributed by atoms with Gasteiger partial charge in [0.1, 0.15) is 0 Å². The Kier molecular flexibility index (Phi) is 6.72. The second kappa shape index (κ2) is 9.67. The molecule has 0 saturated carbocycles. The molecule has 1 fully saturated rings. The Morgan fingerprint density at radius 3 is 2.75 bits per heavy atom. The van der Waals surface area contributed by atoms with Crippen LogP contribution < -0.4 is 19.7 Å². The molecule has 0 bridgehead atoms. The van der Waals surface area contributed by atoms with Crippen LogP contribution in [0.15, 0.2) is 46.2 Å². The number of hydrogen-bond donors (Lipinski definition) is 1. The highest BCUT2D eigenvalue weighted by Crippen LogP contribution is 2.42. The number of rotatable bonds is 6. The Bertz CT molecular complexity index is 1060. The smallest absolute Gasteiger partial charge is 0.264 e. The number of fused-ring (bicyclic) bond motifs is 1. The van der Waals surface area contributed by atoms with E-state index in [0.717, 1.165) is 29.9 Å². The van der Waals surface area contributed by atoms with Crippen molar-refractivity contribution in [2.75, 3.05) is 39.3 Å². The van der Waals surface area contributed by atoms with E-state index in [1.807, 2.05) is 30.3 Å². The topological polar surface area (TPSA) is 77.1 Å². The summed E-state index contributed by atoms with van der Waals surface area (Å²) < 4.78 is 16.2. The van der Waals surface area contributed by atoms with E-state index in [1.165, 1.54) is 11.8 Å². The molecule has 2 heterocycles. The van der Waals surface area contributed by atoms with Crippen molar-refractivity contribution in [3.63, 3.8) is 0 Å². The Morgan fingerprint density at radius 1 is 1.22 bits per heavy atom. The van der Waals surface area contributed by atoms with Crippen LogP contribution in [0.5, 0.6) is 11.5 Å². The average molecular weight is 455 g/mol. The van der Waals surface area contributed by atoms with Gasteiger partial charge in [-0.05, 0) is 54.8 Å². The molecule has 1 atom stereocenters. The van der Waals surface area contributed by atoms with Gasteiger partial charge in [0, 0.05) is 30.7 Å². The van der Waals surface area contributed by atoms with Gasteiger partial charge in [0.15, 0.2) is 11.5 Å². The SMILES string of the molecule is COc1ccc(/C=C2\Sc3ccc(C(=O)NC[C@H]4CCCO4)cc3N(C)C2=O)cc1OC. The fourth-order valence-corrected chi connectivity index (χ4v) is 4.84. The van der Waals surface area contributed by atoms with Crippen LogP contribution in [-0.2, 0) is 9.53 Å². The number of carbonyl (C=O) groups excluding carboxylic acids is 2. The summed E-state index contributed by atoms with van der Waals surface area (Å²) in [6, 6.07) is 10.9. The summed E-state index contributed by atoms with van der Waals surface area (Å²) in [6.45, 7) is 1.25. The minimum atomic E-state index is -0.166. The van der Waals surface area contributed by atoms with Gasteiger partial charge in [0.2, 0.25) is 0 Å². The molecule has 2 aromatic rings. The van der Waals surface area contributed by atoms with Gasteiger partial charge in [-0.1, -0.05) is 17.8 Å². The quantitative estimate of drug-likeness (QED) is 0.671. The van der Waals surface area contributed by atoms with E-state index >= 15 is 0 Å². The van der Waals surface area contributed by atoms with Crippen molar-refractivity contribution in [3.05, 3.63) is 52.4 Å². The van der Waals surface area contributed by atoms with E-state index in [0.29, 0.717) is 34.2 Å². The van der Waals surface area contributed by atoms with Crippen LogP contribution in [0.1, 0.15) is 28.8 Å². The summed E-state index contributed by atoms with van der Waals surface area (Å²) >= 11 is 1.39. The number of carbonyl (C=O) groups is 2. The lowest BCUT2D eigenvalue weighted by Crippen LogP contribution is -2.33. The van der Waals surface area contributed by atoms with Crippen molar-refractivity contribution < 1.29 is 23.8 Å². The lowest BCUT2D eigenvalue weighted by Gasteiger charge is -2.27. The van der Waals surface area contributed by atoms with Gasteiger partial charge in [-0.3, -0.25) is 9.59 Å². The van der Waals surface area contributed by atoms with Gasteiger partial charge in [-0.15, -0.1) is 0 Å². The third-order valence-electron chi connectivity index (χ3n) is 5.54. The normalized spacial score (nSPS) is 19.1. The number of thioether (sulfide) groups is 1. The van der Waals surface area contributed by atoms with Crippen molar-refractivity contribution in [1.82, 2.24) is 5.32 Å². The van der Waals surface area contributed by atoms with Crippen molar-refractivity contribution in [2.45, 2.75) is 23.8 Å². The van der Waals surface area contributed by atoms with E-state index in [1.54, 1.807) is 38.3 Å². The first-order valence-electron chi connectivity index (χ1n) is 10.4. The van der Waals surface area contributed by atoms with Gasteiger partial charge < -0.3 is 24.4 Å². The molecule has 2 aromatic carbocycles. The molecule has 0 aromatic heterocycles. The average Bonchev–Trinajstić information content (AvgIpc) is 3.34. The summed E-state index contributed by atoms with van der Waals surface area (Å²) in [7, 11) is 4.88. The minimum absolute atomic E-state index is 0.0839. The first kappa shape index (κ1) is 22.2. The van der Waals surface area contributed by atoms with E-state index in [-0.39, 0.29) is 17.9 Å². The zero-order valence-electron chi connectivity index (χ0n) is 18.3. The molecule has 7 nitrogen and oxygen atoms in total. The number of likely N-dealkylation sites (N-methyl/N-ethyl adjacent to an activating group) is 1. The van der Waals surface area contributed by atoms with Crippen LogP contribution in [0, 0.1) is 0 Å². The van der Waals surface area contributed by atoms with Crippen molar-refractivity contribution >= 4 is 35.3 Å². The second-order valence-electron chi connectivity index (χ2n) is 7.62. The maximum atomic E-state index is 13.0. The molecule has 0 radical (unpaired) electrons. The summed E-state index contributed by atoms with van der Waals surface area (Å²) in [6.07, 6.45) is 3.91. The lowest BCUT2D eigenvalue weighted by molar-refractivity contribution is -0.114. The van der Waals surface area contributed by atoms with Crippen LogP contribution in [0.3, 0.4) is 0 Å². The molecule has 0 spiro atoms. The maximum Gasteiger partial charge on any atom is 0.264 e. The highest BCUT2D eigenvalue weighted by Gasteiger charge is 2.27. The zero-order chi connectivity index (χ0) is 22.7. The number of nitrogens with one attached hydrogen (secondary N) is 1. The first-order valence-corrected chi connectivity index (χ1v) is 11.3. The number of nitrogens with zero attached hydrogens (tertiary/aromatic N) is 1. The standard InChI is InChI=1S/C24H26N2O5S/c1-26-18-13-16(23(27)25-14-17-5-4-10-31-17)7-9-21(18)32-22(24(26)28)12-15-6-8-19(29-2)20(11-15)30-3/h6-9,11-13,17H,4-5,10,14H2,1-3H3,(H,25,27)/b22-12-/t17-/m1/s1. The molecule has 1 N–H and O–H groups in total. The Morgan fingerprint density at radius 2 is 2.03 bits per heavy atom. The number of anilines is 1. The molecule has 8 heteroatoms. The van der Waals surface area contributed by atoms with Crippen LogP contribution in [0.4, 0.5) is 5.69 Å². The molecule has 2 aliphatic rings. The Balaban J connectivity index is 1.53. The molecular weight excluding hydrogens is 428 g/mol. The first-order chi connectivity index (χ1) is 15.5. The largest absolute Gasteiger partial charge is 0.493 e. The molecule has 32 heavy (non-hydrogen) atoms. The molecule has 168 valence electrons. The number of hydrogen-bond acceptors (Lipinski definition) is 6. The molecule has 2 aliphatic heterocycles. The van der Waals surface area contributed by atoms with E-state index < -0.39 is 0 Å². The van der Waals surface area contributed by atoms with E-state index in [9.17, 15) is 9.59 Å². The third kappa shape index (κ3) is 4.61. The molecule has 2 amide bonds. The number of benzene rings is 2. The minimum Gasteiger partial charge on any atom is -0.493 e. The fourth-order valence-electron chi connectivity index (χ4n) is 3.74. The number of methoxy groups -OCH3 is 2. The van der Waals surface area contributed by atoms with Gasteiger partial charge in [0.25, 0.3) is 11.8 Å². The molecule has 1 saturated heterocycles. The second-order valence-corrected chi connectivity index (χ2v) is 8.70. The highest BCUT2D eigenvalue weighted by molar-refractivity contribution is 8.04. The maximum absolute atomic E-state index is 13.0. The van der Waals surface area contributed by atoms with Gasteiger partial charge in [-0.2, -0.15) is 0 Å². The summed E-state index contributed by atoms with van der Waals surface area (Å²) in [5.74, 6) is 0.933. The predicted molar refractivity (Wildman–Crippen MR) is 125 cm³/mol. The monoisotopic (exact) mass is 454 g/mol. The summed E-state index contributed by atoms with van der Waals surface area (Å²) in [5.41, 5.74) is 2.07. The molecular formula is C24H26N2O5S. The highest BCUT2D eigenvalue weighted by atomic mass is 32.2. The van der Waals surface area contributed by atoms with Crippen LogP contribution in [-0.4, -0.2) is 52.3 Å². The van der Waals surface area contributed by atoms with Crippen LogP contribution in [0.25, 0.3) is 6.08 Å². The van der Waals surface area contributed by atoms with E-state index in [4.69, 9.17) is 14.2 Å². The predicted octanol–water partition coefficient (Wildman–Crippen LogP) is 3.72. The van der Waals surface area contributed by atoms with Crippen LogP contribution in [0.2, 0.25) is 0 Å². The summed E-state index contributed by atoms with van der Waals surface area (Å²) in [4.78, 5) is 28.7. The van der Waals surface area contributed by atoms with Gasteiger partial charge in [0.05, 0.1) is 30.9 Å². The molecule has 0 aliphatic carbocycles. The Hall–Kier alpha value is -2.97. The zero-order valence-corrected chi connectivity index (χ0v) is 19.2. The van der Waals surface area contributed by atoms with Crippen molar-refractivity contribution in [2.24, 2.45) is 0 Å². The molecule has 4 rings (SSSR count). The number of ether oxygens (including phenoxy) is 3. The summed E-state index contributed by atoms with van der Waals surface area (Å²) in [5, 5.41) is 2.93. The van der Waals surface area contributed by atoms with Crippen molar-refractivity contribution in [1.29, 1.82) is 0 Å². The Labute approximate surface area is 191 Å². The molecule has 0 unspecified atom stereocenters. The number of amides is 2. The van der Waals surface area contributed by atoms with E-state index in [2.05, 4.69) is 5.32 Å². The van der Waals surface area contributed by atoms with Crippen molar-refractivity contribution in [3.8, 4) is 11.5 Å². The lowest BCUT2D eigenvalue weighted by atomic mass is 10.1. The van der Waals surface area contributed by atoms with Gasteiger partial charge >= 0.3 is 0 Å². The van der Waals surface area contributed by atoms with Gasteiger partial charge in [-0.25, -0.2) is 0 Å². The third-order valence-corrected chi connectivity index (χ3v) is 6.61. The van der Waals surface area contributed by atoms with Crippen LogP contribution >= 0.6 is 11.8 Å². The fraction of sp³-hybridized carbons (Fsp3) is 0.333.